The second-order valence-corrected chi connectivity index (χ2v) is 9.18. The van der Waals surface area contributed by atoms with Crippen molar-refractivity contribution in [2.45, 2.75) is 35.5 Å². The average Bonchev–Trinajstić information content (AvgIpc) is 3.21. The summed E-state index contributed by atoms with van der Waals surface area (Å²) in [7, 11) is 29.6. The molecule has 2 heterocycles. The SMILES string of the molecule is [B]C1C(=O)NC(=O)C([B])(N2Cc3cc(C([B])N([B])C(=O)C(F)(F)c4ccc(Cl)cc4)ccc3C2=O)C1[B]. The van der Waals surface area contributed by atoms with Crippen LogP contribution in [0.3, 0.4) is 0 Å². The van der Waals surface area contributed by atoms with Gasteiger partial charge in [0.15, 0.2) is 0 Å². The lowest BCUT2D eigenvalue weighted by Crippen LogP contribution is -2.67. The van der Waals surface area contributed by atoms with Gasteiger partial charge in [0.2, 0.25) is 19.8 Å². The maximum Gasteiger partial charge on any atom is 0.348 e. The van der Waals surface area contributed by atoms with E-state index in [1.807, 2.05) is 5.32 Å². The number of carbonyl (C=O) groups is 4. The molecule has 0 saturated carbocycles. The highest BCUT2D eigenvalue weighted by molar-refractivity contribution is 6.43. The fourth-order valence-corrected chi connectivity index (χ4v) is 4.37. The van der Waals surface area contributed by atoms with E-state index in [9.17, 15) is 28.0 Å². The van der Waals surface area contributed by atoms with E-state index in [0.29, 0.717) is 5.56 Å². The molecule has 2 aromatic carbocycles. The van der Waals surface area contributed by atoms with Gasteiger partial charge in [0.05, 0.1) is 21.1 Å². The summed E-state index contributed by atoms with van der Waals surface area (Å²) in [5.41, 5.74) is -2.24. The zero-order valence-electron chi connectivity index (χ0n) is 19.0. The highest BCUT2D eigenvalue weighted by Crippen LogP contribution is 2.41. The first-order chi connectivity index (χ1) is 17.2. The lowest BCUT2D eigenvalue weighted by atomic mass is 9.48. The Kier molecular flexibility index (Phi) is 6.86. The molecule has 0 aromatic heterocycles. The van der Waals surface area contributed by atoms with Crippen LogP contribution < -0.4 is 5.32 Å². The number of piperidine rings is 1. The van der Waals surface area contributed by atoms with E-state index in [1.54, 1.807) is 0 Å². The number of imide groups is 1. The molecule has 0 bridgehead atoms. The van der Waals surface area contributed by atoms with Gasteiger partial charge in [-0.2, -0.15) is 8.78 Å². The summed E-state index contributed by atoms with van der Waals surface area (Å²) in [6.07, 6.45) is 0. The van der Waals surface area contributed by atoms with Crippen LogP contribution in [0.1, 0.15) is 33.0 Å². The third-order valence-electron chi connectivity index (χ3n) is 6.53. The van der Waals surface area contributed by atoms with Crippen molar-refractivity contribution < 1.29 is 28.0 Å². The number of hydrogen-bond donors (Lipinski definition) is 1. The quantitative estimate of drug-likeness (QED) is 0.471. The summed E-state index contributed by atoms with van der Waals surface area (Å²) >= 11 is 5.72. The van der Waals surface area contributed by atoms with Crippen LogP contribution in [0, 0.1) is 0 Å². The maximum atomic E-state index is 14.8. The van der Waals surface area contributed by atoms with Crippen molar-refractivity contribution in [1.29, 1.82) is 0 Å². The summed E-state index contributed by atoms with van der Waals surface area (Å²) in [5.74, 6) is -12.6. The molecule has 2 aliphatic rings. The minimum Gasteiger partial charge on any atom is -0.393 e. The molecule has 4 amide bonds. The first kappa shape index (κ1) is 27.0. The molecule has 1 N–H and O–H groups in total. The van der Waals surface area contributed by atoms with Crippen molar-refractivity contribution in [3.63, 3.8) is 0 Å². The number of halogens is 3. The Labute approximate surface area is 222 Å². The molecule has 2 aromatic rings. The molecule has 4 unspecified atom stereocenters. The van der Waals surface area contributed by atoms with Gasteiger partial charge in [-0.25, -0.2) is 0 Å². The number of fused-ring (bicyclic) bond motifs is 1. The summed E-state index contributed by atoms with van der Waals surface area (Å²) < 4.78 is 29.6. The van der Waals surface area contributed by atoms with Gasteiger partial charge in [0.25, 0.3) is 11.8 Å². The molecule has 2 aliphatic heterocycles. The van der Waals surface area contributed by atoms with Gasteiger partial charge in [-0.05, 0) is 35.1 Å². The minimum absolute atomic E-state index is 0.117. The number of nitrogens with one attached hydrogen (secondary N) is 1. The number of benzene rings is 2. The Balaban J connectivity index is 1.58. The monoisotopic (exact) mass is 511 g/mol. The average molecular weight is 511 g/mol. The summed E-state index contributed by atoms with van der Waals surface area (Å²) in [6, 6.07) is 8.39. The van der Waals surface area contributed by atoms with Crippen LogP contribution in [-0.4, -0.2) is 78.1 Å². The molecule has 0 spiro atoms. The molecule has 10 radical (unpaired) electrons. The largest absolute Gasteiger partial charge is 0.393 e. The first-order valence-electron chi connectivity index (χ1n) is 10.8. The number of rotatable bonds is 5. The Morgan fingerprint density at radius 3 is 2.41 bits per heavy atom. The molecular formula is C22H13B5ClF2N3O4. The van der Waals surface area contributed by atoms with Crippen LogP contribution in [0.25, 0.3) is 0 Å². The third-order valence-corrected chi connectivity index (χ3v) is 6.78. The second-order valence-electron chi connectivity index (χ2n) is 8.74. The fourth-order valence-electron chi connectivity index (χ4n) is 4.24. The van der Waals surface area contributed by atoms with Crippen LogP contribution >= 0.6 is 11.6 Å². The molecule has 0 aliphatic carbocycles. The van der Waals surface area contributed by atoms with E-state index in [0.717, 1.165) is 17.0 Å². The summed E-state index contributed by atoms with van der Waals surface area (Å²) in [5, 5.41) is 2.20. The molecule has 15 heteroatoms. The van der Waals surface area contributed by atoms with Crippen LogP contribution in [0.2, 0.25) is 16.7 Å². The summed E-state index contributed by atoms with van der Waals surface area (Å²) in [4.78, 5) is 51.2. The third kappa shape index (κ3) is 4.29. The van der Waals surface area contributed by atoms with Crippen LogP contribution in [0.15, 0.2) is 42.5 Å². The number of amides is 4. The molecule has 37 heavy (non-hydrogen) atoms. The lowest BCUT2D eigenvalue weighted by molar-refractivity contribution is -0.154. The molecule has 1 saturated heterocycles. The van der Waals surface area contributed by atoms with E-state index in [2.05, 4.69) is 0 Å². The Bertz CT molecular complexity index is 1320. The normalized spacial score (nSPS) is 24.4. The van der Waals surface area contributed by atoms with Crippen molar-refractivity contribution in [3.8, 4) is 0 Å². The fraction of sp³-hybridized carbons (Fsp3) is 0.273. The Morgan fingerprint density at radius 1 is 1.16 bits per heavy atom. The van der Waals surface area contributed by atoms with E-state index in [4.69, 9.17) is 51.0 Å². The van der Waals surface area contributed by atoms with Crippen LogP contribution in [-0.2, 0) is 26.9 Å². The first-order valence-corrected chi connectivity index (χ1v) is 11.2. The Morgan fingerprint density at radius 2 is 1.78 bits per heavy atom. The standard InChI is InChI=1S/C22H13B5ClF2N3O4/c23-14-15(24)21(26,19(36)31-17(14)34)32-8-10-7-9(1-6-13(10)18(32)35)16(25)33(27)20(37)22(29,30)11-2-4-12(28)5-3-11/h1-7,14-16H,8H2,(H,31,34,36). The van der Waals surface area contributed by atoms with E-state index in [-0.39, 0.29) is 27.5 Å². The van der Waals surface area contributed by atoms with Gasteiger partial charge in [-0.1, -0.05) is 41.7 Å². The maximum absolute atomic E-state index is 14.8. The predicted molar refractivity (Wildman–Crippen MR) is 133 cm³/mol. The van der Waals surface area contributed by atoms with E-state index >= 15 is 0 Å². The smallest absolute Gasteiger partial charge is 0.348 e. The predicted octanol–water partition coefficient (Wildman–Crippen LogP) is 0.602. The van der Waals surface area contributed by atoms with Gasteiger partial charge in [0.1, 0.15) is 15.7 Å². The molecule has 4 atom stereocenters. The van der Waals surface area contributed by atoms with Crippen LogP contribution in [0.5, 0.6) is 0 Å². The van der Waals surface area contributed by atoms with Gasteiger partial charge < -0.3 is 9.71 Å². The zero-order valence-corrected chi connectivity index (χ0v) is 19.8. The molecule has 7 nitrogen and oxygen atoms in total. The second kappa shape index (κ2) is 9.38. The number of hydrogen-bond acceptors (Lipinski definition) is 4. The van der Waals surface area contributed by atoms with Crippen molar-refractivity contribution in [2.24, 2.45) is 0 Å². The van der Waals surface area contributed by atoms with E-state index < -0.39 is 58.1 Å². The van der Waals surface area contributed by atoms with Gasteiger partial charge in [-0.15, -0.1) is 0 Å². The van der Waals surface area contributed by atoms with Crippen molar-refractivity contribution in [3.05, 3.63) is 69.7 Å². The van der Waals surface area contributed by atoms with Crippen molar-refractivity contribution in [1.82, 2.24) is 15.0 Å². The van der Waals surface area contributed by atoms with E-state index in [1.165, 1.54) is 30.3 Å². The topological polar surface area (TPSA) is 86.8 Å². The molecule has 176 valence electrons. The molecule has 1 fully saturated rings. The molecule has 4 rings (SSSR count). The van der Waals surface area contributed by atoms with Crippen molar-refractivity contribution >= 4 is 74.6 Å². The van der Waals surface area contributed by atoms with Crippen molar-refractivity contribution in [2.75, 3.05) is 0 Å². The summed E-state index contributed by atoms with van der Waals surface area (Å²) in [6.45, 7) is -0.243. The lowest BCUT2D eigenvalue weighted by Gasteiger charge is -2.48. The van der Waals surface area contributed by atoms with Gasteiger partial charge >= 0.3 is 5.92 Å². The Hall–Kier alpha value is -3.01. The highest BCUT2D eigenvalue weighted by Gasteiger charge is 2.53. The highest BCUT2D eigenvalue weighted by atomic mass is 35.5. The van der Waals surface area contributed by atoms with Gasteiger partial charge in [-0.3, -0.25) is 24.5 Å². The number of carbonyl (C=O) groups excluding carboxylic acids is 4. The minimum atomic E-state index is -4.01. The number of nitrogens with zero attached hydrogens (tertiary/aromatic N) is 2. The number of alkyl halides is 2. The van der Waals surface area contributed by atoms with Crippen LogP contribution in [0.4, 0.5) is 8.78 Å². The van der Waals surface area contributed by atoms with Gasteiger partial charge in [0, 0.05) is 28.6 Å². The zero-order chi connectivity index (χ0) is 27.4. The molecular weight excluding hydrogens is 498 g/mol.